The molecule has 2 rings (SSSR count). The van der Waals surface area contributed by atoms with Crippen molar-refractivity contribution in [2.45, 2.75) is 78.3 Å². The van der Waals surface area contributed by atoms with Crippen molar-refractivity contribution in [1.82, 2.24) is 0 Å². The third-order valence-electron chi connectivity index (χ3n) is 5.13. The molecule has 140 valence electrons. The monoisotopic (exact) mass is 348 g/mol. The van der Waals surface area contributed by atoms with Gasteiger partial charge in [-0.15, -0.1) is 0 Å². The Morgan fingerprint density at radius 1 is 1.04 bits per heavy atom. The summed E-state index contributed by atoms with van der Waals surface area (Å²) in [6, 6.07) is 4.35. The fourth-order valence-electron chi connectivity index (χ4n) is 3.07. The molecule has 0 aromatic heterocycles. The second-order valence-corrected chi connectivity index (χ2v) is 8.99. The van der Waals surface area contributed by atoms with Gasteiger partial charge < -0.3 is 18.8 Å². The van der Waals surface area contributed by atoms with Gasteiger partial charge in [0.05, 0.1) is 11.2 Å². The highest BCUT2D eigenvalue weighted by atomic mass is 16.7. The van der Waals surface area contributed by atoms with Gasteiger partial charge in [-0.05, 0) is 45.6 Å². The van der Waals surface area contributed by atoms with Gasteiger partial charge in [0.1, 0.15) is 5.75 Å². The molecule has 4 nitrogen and oxygen atoms in total. The van der Waals surface area contributed by atoms with E-state index in [1.54, 1.807) is 7.11 Å². The van der Waals surface area contributed by atoms with Crippen LogP contribution < -0.4 is 4.74 Å². The lowest BCUT2D eigenvalue weighted by Crippen LogP contribution is -2.41. The Hall–Kier alpha value is -1.04. The summed E-state index contributed by atoms with van der Waals surface area (Å²) in [5, 5.41) is 0. The van der Waals surface area contributed by atoms with Crippen LogP contribution in [0.4, 0.5) is 0 Å². The number of ether oxygens (including phenoxy) is 2. The predicted octanol–water partition coefficient (Wildman–Crippen LogP) is 4.45. The first-order valence-corrected chi connectivity index (χ1v) is 8.99. The van der Waals surface area contributed by atoms with Crippen molar-refractivity contribution in [2.75, 3.05) is 13.9 Å². The van der Waals surface area contributed by atoms with Crippen LogP contribution in [0.2, 0.25) is 0 Å². The molecule has 0 spiro atoms. The van der Waals surface area contributed by atoms with Crippen molar-refractivity contribution in [1.29, 1.82) is 0 Å². The van der Waals surface area contributed by atoms with Crippen molar-refractivity contribution in [3.05, 3.63) is 28.8 Å². The molecule has 0 atom stereocenters. The van der Waals surface area contributed by atoms with Crippen LogP contribution in [0.5, 0.6) is 5.75 Å². The van der Waals surface area contributed by atoms with E-state index < -0.39 is 0 Å². The van der Waals surface area contributed by atoms with Gasteiger partial charge in [-0.25, -0.2) is 0 Å². The molecule has 1 aromatic carbocycles. The van der Waals surface area contributed by atoms with Gasteiger partial charge >= 0.3 is 7.12 Å². The average Bonchev–Trinajstić information content (AvgIpc) is 2.63. The van der Waals surface area contributed by atoms with Gasteiger partial charge in [0.15, 0.2) is 6.79 Å². The highest BCUT2D eigenvalue weighted by Crippen LogP contribution is 2.40. The molecule has 1 heterocycles. The van der Waals surface area contributed by atoms with Crippen molar-refractivity contribution < 1.29 is 18.8 Å². The lowest BCUT2D eigenvalue weighted by molar-refractivity contribution is 0.00578. The molecule has 1 aliphatic rings. The second-order valence-electron chi connectivity index (χ2n) is 8.99. The molecule has 5 heteroatoms. The first-order valence-electron chi connectivity index (χ1n) is 8.99. The standard InChI is InChI=1S/C20H33BO4/c1-14-10-15(12-21-24-19(5,6)20(7,8)25-21)17(23-13-22-9)16(11-14)18(2,3)4/h10-11H,12-13H2,1-9H3. The van der Waals surface area contributed by atoms with Crippen LogP contribution in [0, 0.1) is 6.92 Å². The van der Waals surface area contributed by atoms with E-state index in [0.717, 1.165) is 11.3 Å². The van der Waals surface area contributed by atoms with Crippen LogP contribution >= 0.6 is 0 Å². The fourth-order valence-corrected chi connectivity index (χ4v) is 3.07. The molecule has 0 N–H and O–H groups in total. The summed E-state index contributed by atoms with van der Waals surface area (Å²) in [7, 11) is 1.35. The number of rotatable bonds is 5. The summed E-state index contributed by atoms with van der Waals surface area (Å²) in [6.07, 6.45) is 0.649. The summed E-state index contributed by atoms with van der Waals surface area (Å²) < 4.78 is 23.5. The third-order valence-corrected chi connectivity index (χ3v) is 5.13. The van der Waals surface area contributed by atoms with Gasteiger partial charge in [-0.1, -0.05) is 38.5 Å². The van der Waals surface area contributed by atoms with Gasteiger partial charge in [0.25, 0.3) is 0 Å². The van der Waals surface area contributed by atoms with E-state index in [0.29, 0.717) is 6.32 Å². The number of hydrogen-bond donors (Lipinski definition) is 0. The molecule has 0 amide bonds. The number of aryl methyl sites for hydroxylation is 1. The highest BCUT2D eigenvalue weighted by molar-refractivity contribution is 6.45. The summed E-state index contributed by atoms with van der Waals surface area (Å²) in [4.78, 5) is 0. The lowest BCUT2D eigenvalue weighted by Gasteiger charge is -2.32. The van der Waals surface area contributed by atoms with E-state index in [4.69, 9.17) is 18.8 Å². The number of benzene rings is 1. The van der Waals surface area contributed by atoms with Gasteiger partial charge in [-0.2, -0.15) is 0 Å². The smallest absolute Gasteiger partial charge is 0.462 e. The SMILES string of the molecule is COCOc1c(CB2OC(C)(C)C(C)(C)O2)cc(C)cc1C(C)(C)C. The topological polar surface area (TPSA) is 36.9 Å². The van der Waals surface area contributed by atoms with Crippen LogP contribution in [-0.4, -0.2) is 32.2 Å². The fraction of sp³-hybridized carbons (Fsp3) is 0.700. The molecule has 1 saturated heterocycles. The Balaban J connectivity index is 2.38. The van der Waals surface area contributed by atoms with Crippen LogP contribution in [0.15, 0.2) is 12.1 Å². The van der Waals surface area contributed by atoms with Gasteiger partial charge in [0.2, 0.25) is 0 Å². The van der Waals surface area contributed by atoms with Crippen LogP contribution in [0.3, 0.4) is 0 Å². The Bertz CT molecular complexity index is 601. The molecule has 25 heavy (non-hydrogen) atoms. The molecule has 1 aromatic rings. The summed E-state index contributed by atoms with van der Waals surface area (Å²) in [6.45, 7) is 17.2. The minimum atomic E-state index is -0.331. The zero-order valence-corrected chi connectivity index (χ0v) is 17.3. The molecule has 0 aliphatic carbocycles. The molecule has 0 saturated carbocycles. The van der Waals surface area contributed by atoms with Crippen molar-refractivity contribution in [3.8, 4) is 5.75 Å². The van der Waals surface area contributed by atoms with E-state index in [-0.39, 0.29) is 30.5 Å². The maximum Gasteiger partial charge on any atom is 0.462 e. The summed E-state index contributed by atoms with van der Waals surface area (Å²) in [5.41, 5.74) is 2.79. The minimum absolute atomic E-state index is 0.0280. The van der Waals surface area contributed by atoms with E-state index in [2.05, 4.69) is 67.5 Å². The van der Waals surface area contributed by atoms with E-state index in [9.17, 15) is 0 Å². The Kier molecular flexibility index (Phi) is 5.63. The largest absolute Gasteiger partial charge is 0.467 e. The van der Waals surface area contributed by atoms with Crippen molar-refractivity contribution >= 4 is 7.12 Å². The van der Waals surface area contributed by atoms with E-state index >= 15 is 0 Å². The highest BCUT2D eigenvalue weighted by Gasteiger charge is 2.51. The zero-order chi connectivity index (χ0) is 19.0. The molecular weight excluding hydrogens is 315 g/mol. The third kappa shape index (κ3) is 4.39. The van der Waals surface area contributed by atoms with Crippen molar-refractivity contribution in [3.63, 3.8) is 0 Å². The van der Waals surface area contributed by atoms with E-state index in [1.165, 1.54) is 11.1 Å². The second kappa shape index (κ2) is 6.94. The first-order chi connectivity index (χ1) is 11.4. The summed E-state index contributed by atoms with van der Waals surface area (Å²) in [5.74, 6) is 0.884. The Morgan fingerprint density at radius 2 is 1.60 bits per heavy atom. The molecule has 1 fully saturated rings. The Morgan fingerprint density at radius 3 is 2.08 bits per heavy atom. The molecule has 0 radical (unpaired) electrons. The quantitative estimate of drug-likeness (QED) is 0.582. The lowest BCUT2D eigenvalue weighted by atomic mass is 9.77. The molecule has 0 unspecified atom stereocenters. The molecule has 0 bridgehead atoms. The van der Waals surface area contributed by atoms with Crippen LogP contribution in [0.1, 0.15) is 65.2 Å². The van der Waals surface area contributed by atoms with E-state index in [1.807, 2.05) is 0 Å². The first kappa shape index (κ1) is 20.3. The Labute approximate surface area is 153 Å². The predicted molar refractivity (Wildman–Crippen MR) is 102 cm³/mol. The maximum atomic E-state index is 6.18. The number of hydrogen-bond acceptors (Lipinski definition) is 4. The van der Waals surface area contributed by atoms with Gasteiger partial charge in [0, 0.05) is 19.0 Å². The zero-order valence-electron chi connectivity index (χ0n) is 17.3. The summed E-state index contributed by atoms with van der Waals surface area (Å²) >= 11 is 0. The normalized spacial score (nSPS) is 19.3. The van der Waals surface area contributed by atoms with Gasteiger partial charge in [-0.3, -0.25) is 0 Å². The maximum absolute atomic E-state index is 6.18. The molecular formula is C20H33BO4. The number of methoxy groups -OCH3 is 1. The molecule has 1 aliphatic heterocycles. The minimum Gasteiger partial charge on any atom is -0.467 e. The average molecular weight is 348 g/mol. The van der Waals surface area contributed by atoms with Crippen LogP contribution in [0.25, 0.3) is 0 Å². The van der Waals surface area contributed by atoms with Crippen LogP contribution in [-0.2, 0) is 25.8 Å². The van der Waals surface area contributed by atoms with Crippen molar-refractivity contribution in [2.24, 2.45) is 0 Å².